The summed E-state index contributed by atoms with van der Waals surface area (Å²) in [5, 5.41) is 3.37. The van der Waals surface area contributed by atoms with Gasteiger partial charge in [0.2, 0.25) is 5.88 Å². The Morgan fingerprint density at radius 3 is 2.62 bits per heavy atom. The van der Waals surface area contributed by atoms with Gasteiger partial charge in [-0.05, 0) is 12.0 Å². The minimum absolute atomic E-state index is 0.0245. The highest BCUT2D eigenvalue weighted by atomic mass is 16.5. The Morgan fingerprint density at radius 2 is 1.90 bits per heavy atom. The minimum atomic E-state index is 0.0245. The van der Waals surface area contributed by atoms with Crippen molar-refractivity contribution >= 4 is 5.82 Å². The van der Waals surface area contributed by atoms with Crippen LogP contribution in [0.2, 0.25) is 0 Å². The van der Waals surface area contributed by atoms with Gasteiger partial charge in [0.05, 0.1) is 6.61 Å². The van der Waals surface area contributed by atoms with Gasteiger partial charge in [0.15, 0.2) is 0 Å². The Balaban J connectivity index is 1.99. The Bertz CT molecular complexity index is 555. The molecule has 0 aliphatic heterocycles. The molecule has 0 aliphatic carbocycles. The molecular formula is C17H23N3O. The van der Waals surface area contributed by atoms with Crippen molar-refractivity contribution in [2.45, 2.75) is 32.6 Å². The maximum Gasteiger partial charge on any atom is 0.218 e. The van der Waals surface area contributed by atoms with Gasteiger partial charge in [-0.25, -0.2) is 9.97 Å². The quantitative estimate of drug-likeness (QED) is 0.843. The maximum absolute atomic E-state index is 5.52. The summed E-state index contributed by atoms with van der Waals surface area (Å²) in [7, 11) is 0. The van der Waals surface area contributed by atoms with Crippen LogP contribution in [0.1, 0.15) is 32.8 Å². The minimum Gasteiger partial charge on any atom is -0.478 e. The molecule has 2 aromatic rings. The first-order valence-corrected chi connectivity index (χ1v) is 7.36. The molecule has 112 valence electrons. The number of hydrogen-bond acceptors (Lipinski definition) is 4. The van der Waals surface area contributed by atoms with Gasteiger partial charge < -0.3 is 10.1 Å². The molecule has 0 fully saturated rings. The Labute approximate surface area is 126 Å². The van der Waals surface area contributed by atoms with Crippen molar-refractivity contribution in [2.75, 3.05) is 18.5 Å². The highest BCUT2D eigenvalue weighted by Crippen LogP contribution is 2.23. The van der Waals surface area contributed by atoms with Gasteiger partial charge in [-0.2, -0.15) is 0 Å². The molecule has 4 nitrogen and oxygen atoms in total. The molecule has 1 heterocycles. The molecule has 2 rings (SSSR count). The molecule has 0 bridgehead atoms. The van der Waals surface area contributed by atoms with E-state index in [-0.39, 0.29) is 5.41 Å². The summed E-state index contributed by atoms with van der Waals surface area (Å²) in [6.07, 6.45) is 2.50. The van der Waals surface area contributed by atoms with Gasteiger partial charge in [0.25, 0.3) is 0 Å². The third-order valence-corrected chi connectivity index (χ3v) is 3.36. The number of nitrogens with zero attached hydrogens (tertiary/aromatic N) is 2. The first-order valence-electron chi connectivity index (χ1n) is 7.36. The number of anilines is 1. The van der Waals surface area contributed by atoms with Crippen LogP contribution in [0.15, 0.2) is 42.7 Å². The summed E-state index contributed by atoms with van der Waals surface area (Å²) in [6, 6.07) is 12.3. The number of benzene rings is 1. The van der Waals surface area contributed by atoms with Crippen LogP contribution in [-0.2, 0) is 5.41 Å². The zero-order valence-corrected chi connectivity index (χ0v) is 13.0. The number of rotatable bonds is 7. The lowest BCUT2D eigenvalue weighted by molar-refractivity contribution is 0.305. The topological polar surface area (TPSA) is 47.0 Å². The molecule has 0 amide bonds. The molecule has 4 heteroatoms. The van der Waals surface area contributed by atoms with E-state index in [1.165, 1.54) is 11.9 Å². The second kappa shape index (κ2) is 7.07. The first-order chi connectivity index (χ1) is 10.1. The molecule has 0 atom stereocenters. The maximum atomic E-state index is 5.52. The normalized spacial score (nSPS) is 11.2. The van der Waals surface area contributed by atoms with Crippen LogP contribution in [0.3, 0.4) is 0 Å². The second-order valence-corrected chi connectivity index (χ2v) is 5.69. The number of nitrogens with one attached hydrogen (secondary N) is 1. The summed E-state index contributed by atoms with van der Waals surface area (Å²) in [4.78, 5) is 8.35. The van der Waals surface area contributed by atoms with Crippen molar-refractivity contribution in [2.24, 2.45) is 0 Å². The fourth-order valence-electron chi connectivity index (χ4n) is 2.02. The van der Waals surface area contributed by atoms with E-state index in [0.717, 1.165) is 18.8 Å². The molecule has 0 spiro atoms. The van der Waals surface area contributed by atoms with E-state index in [4.69, 9.17) is 4.74 Å². The average molecular weight is 285 g/mol. The van der Waals surface area contributed by atoms with E-state index < -0.39 is 0 Å². The standard InChI is InChI=1S/C17H23N3O/c1-4-10-21-16-11-15(19-13-20-16)18-12-17(2,3)14-8-6-5-7-9-14/h5-9,11,13H,4,10,12H2,1-3H3,(H,18,19,20). The highest BCUT2D eigenvalue weighted by molar-refractivity contribution is 5.38. The van der Waals surface area contributed by atoms with Crippen LogP contribution >= 0.6 is 0 Å². The van der Waals surface area contributed by atoms with E-state index in [2.05, 4.69) is 60.3 Å². The van der Waals surface area contributed by atoms with Gasteiger partial charge in [0, 0.05) is 18.0 Å². The van der Waals surface area contributed by atoms with E-state index in [9.17, 15) is 0 Å². The van der Waals surface area contributed by atoms with Crippen molar-refractivity contribution in [1.82, 2.24) is 9.97 Å². The van der Waals surface area contributed by atoms with E-state index >= 15 is 0 Å². The Morgan fingerprint density at radius 1 is 1.14 bits per heavy atom. The zero-order valence-electron chi connectivity index (χ0n) is 13.0. The van der Waals surface area contributed by atoms with Crippen molar-refractivity contribution in [3.8, 4) is 5.88 Å². The van der Waals surface area contributed by atoms with Gasteiger partial charge in [-0.15, -0.1) is 0 Å². The van der Waals surface area contributed by atoms with Crippen molar-refractivity contribution in [1.29, 1.82) is 0 Å². The third kappa shape index (κ3) is 4.45. The number of aromatic nitrogens is 2. The van der Waals surface area contributed by atoms with E-state index in [1.807, 2.05) is 12.1 Å². The van der Waals surface area contributed by atoms with Crippen molar-refractivity contribution < 1.29 is 4.74 Å². The van der Waals surface area contributed by atoms with Crippen LogP contribution in [0, 0.1) is 0 Å². The molecule has 0 saturated heterocycles. The number of ether oxygens (including phenoxy) is 1. The molecule has 0 radical (unpaired) electrons. The largest absolute Gasteiger partial charge is 0.478 e. The van der Waals surface area contributed by atoms with Crippen LogP contribution in [0.25, 0.3) is 0 Å². The van der Waals surface area contributed by atoms with Gasteiger partial charge in [-0.3, -0.25) is 0 Å². The predicted octanol–water partition coefficient (Wildman–Crippen LogP) is 3.66. The van der Waals surface area contributed by atoms with Gasteiger partial charge in [-0.1, -0.05) is 51.1 Å². The summed E-state index contributed by atoms with van der Waals surface area (Å²) in [6.45, 7) is 7.96. The highest BCUT2D eigenvalue weighted by Gasteiger charge is 2.20. The second-order valence-electron chi connectivity index (χ2n) is 5.69. The summed E-state index contributed by atoms with van der Waals surface area (Å²) in [5.74, 6) is 1.41. The van der Waals surface area contributed by atoms with Crippen LogP contribution in [-0.4, -0.2) is 23.1 Å². The molecule has 1 aromatic heterocycles. The lowest BCUT2D eigenvalue weighted by Crippen LogP contribution is -2.27. The van der Waals surface area contributed by atoms with Crippen LogP contribution < -0.4 is 10.1 Å². The lowest BCUT2D eigenvalue weighted by atomic mass is 9.85. The van der Waals surface area contributed by atoms with Crippen LogP contribution in [0.4, 0.5) is 5.82 Å². The third-order valence-electron chi connectivity index (χ3n) is 3.36. The molecule has 1 aromatic carbocycles. The SMILES string of the molecule is CCCOc1cc(NCC(C)(C)c2ccccc2)ncn1. The van der Waals surface area contributed by atoms with Crippen molar-refractivity contribution in [3.63, 3.8) is 0 Å². The molecule has 0 unspecified atom stereocenters. The Kier molecular flexibility index (Phi) is 5.14. The van der Waals surface area contributed by atoms with Gasteiger partial charge in [0.1, 0.15) is 12.1 Å². The Hall–Kier alpha value is -2.10. The molecule has 1 N–H and O–H groups in total. The smallest absolute Gasteiger partial charge is 0.218 e. The predicted molar refractivity (Wildman–Crippen MR) is 85.8 cm³/mol. The molecule has 0 saturated carbocycles. The van der Waals surface area contributed by atoms with E-state index in [0.29, 0.717) is 12.5 Å². The van der Waals surface area contributed by atoms with Crippen LogP contribution in [0.5, 0.6) is 5.88 Å². The molecule has 0 aliphatic rings. The number of hydrogen-bond donors (Lipinski definition) is 1. The van der Waals surface area contributed by atoms with Crippen molar-refractivity contribution in [3.05, 3.63) is 48.3 Å². The summed E-state index contributed by atoms with van der Waals surface area (Å²) >= 11 is 0. The monoisotopic (exact) mass is 285 g/mol. The van der Waals surface area contributed by atoms with E-state index in [1.54, 1.807) is 0 Å². The van der Waals surface area contributed by atoms with Gasteiger partial charge >= 0.3 is 0 Å². The zero-order chi connectivity index (χ0) is 15.1. The average Bonchev–Trinajstić information content (AvgIpc) is 2.52. The fourth-order valence-corrected chi connectivity index (χ4v) is 2.02. The summed E-state index contributed by atoms with van der Waals surface area (Å²) < 4.78 is 5.52. The summed E-state index contributed by atoms with van der Waals surface area (Å²) in [5.41, 5.74) is 1.32. The molecule has 21 heavy (non-hydrogen) atoms. The molecular weight excluding hydrogens is 262 g/mol. The lowest BCUT2D eigenvalue weighted by Gasteiger charge is -2.26. The fraction of sp³-hybridized carbons (Fsp3) is 0.412. The first kappa shape index (κ1) is 15.3.